The first kappa shape index (κ1) is 21.0. The fourth-order valence-corrected chi connectivity index (χ4v) is 3.48. The molecule has 0 saturated carbocycles. The van der Waals surface area contributed by atoms with Crippen LogP contribution in [0.4, 0.5) is 11.4 Å². The number of hydrogen-bond donors (Lipinski definition) is 2. The molecule has 2 N–H and O–H groups in total. The van der Waals surface area contributed by atoms with Crippen LogP contribution in [0.15, 0.2) is 78.8 Å². The van der Waals surface area contributed by atoms with Crippen LogP contribution in [-0.4, -0.2) is 27.6 Å². The Morgan fingerprint density at radius 3 is 2.25 bits per heavy atom. The minimum absolute atomic E-state index is 0.132. The zero-order valence-corrected chi connectivity index (χ0v) is 17.8. The lowest BCUT2D eigenvalue weighted by Gasteiger charge is -2.15. The molecule has 32 heavy (non-hydrogen) atoms. The van der Waals surface area contributed by atoms with E-state index in [-0.39, 0.29) is 24.1 Å². The van der Waals surface area contributed by atoms with Crippen molar-refractivity contribution in [2.45, 2.75) is 20.4 Å². The van der Waals surface area contributed by atoms with Crippen LogP contribution in [0.25, 0.3) is 5.57 Å². The highest BCUT2D eigenvalue weighted by Gasteiger charge is 2.39. The second-order valence-corrected chi connectivity index (χ2v) is 7.56. The van der Waals surface area contributed by atoms with Gasteiger partial charge in [0.25, 0.3) is 11.8 Å². The van der Waals surface area contributed by atoms with E-state index in [0.717, 1.165) is 11.1 Å². The number of benzene rings is 2. The van der Waals surface area contributed by atoms with Crippen molar-refractivity contribution in [3.63, 3.8) is 0 Å². The second kappa shape index (κ2) is 8.85. The molecule has 0 fully saturated rings. The first-order valence-corrected chi connectivity index (χ1v) is 10.1. The van der Waals surface area contributed by atoms with Gasteiger partial charge in [0.05, 0.1) is 12.1 Å². The van der Waals surface area contributed by atoms with Gasteiger partial charge in [0.1, 0.15) is 5.70 Å². The zero-order valence-electron chi connectivity index (χ0n) is 17.8. The minimum atomic E-state index is -0.402. The summed E-state index contributed by atoms with van der Waals surface area (Å²) in [5, 5.41) is 5.82. The Hall–Kier alpha value is -4.26. The summed E-state index contributed by atoms with van der Waals surface area (Å²) in [6.45, 7) is 3.53. The molecule has 0 saturated heterocycles. The van der Waals surface area contributed by atoms with Gasteiger partial charge in [0, 0.05) is 30.7 Å². The van der Waals surface area contributed by atoms with Gasteiger partial charge in [-0.2, -0.15) is 0 Å². The Balaban J connectivity index is 1.68. The number of aromatic nitrogens is 1. The van der Waals surface area contributed by atoms with Crippen molar-refractivity contribution in [2.75, 3.05) is 10.6 Å². The standard InChI is InChI=1S/C25H22N4O3/c1-16-5-7-19(8-6-16)22-23(28-21-11-9-20(10-12-21)27-17(2)30)25(32)29(24(22)31)15-18-4-3-13-26-14-18/h3-14,28H,15H2,1-2H3,(H,27,30). The van der Waals surface area contributed by atoms with Gasteiger partial charge in [-0.05, 0) is 48.4 Å². The summed E-state index contributed by atoms with van der Waals surface area (Å²) in [5.41, 5.74) is 4.30. The van der Waals surface area contributed by atoms with Crippen molar-refractivity contribution >= 4 is 34.7 Å². The molecule has 2 heterocycles. The smallest absolute Gasteiger partial charge is 0.278 e. The maximum atomic E-state index is 13.3. The highest BCUT2D eigenvalue weighted by molar-refractivity contribution is 6.36. The van der Waals surface area contributed by atoms with Crippen molar-refractivity contribution in [3.05, 3.63) is 95.4 Å². The normalized spacial score (nSPS) is 13.5. The molecule has 4 rings (SSSR count). The predicted molar refractivity (Wildman–Crippen MR) is 122 cm³/mol. The maximum absolute atomic E-state index is 13.3. The Morgan fingerprint density at radius 1 is 0.938 bits per heavy atom. The number of nitrogens with zero attached hydrogens (tertiary/aromatic N) is 2. The van der Waals surface area contributed by atoms with Crippen LogP contribution in [0.3, 0.4) is 0 Å². The van der Waals surface area contributed by atoms with E-state index in [1.54, 1.807) is 42.7 Å². The number of aryl methyl sites for hydroxylation is 1. The van der Waals surface area contributed by atoms with E-state index in [9.17, 15) is 14.4 Å². The Labute approximate surface area is 185 Å². The molecule has 160 valence electrons. The molecule has 3 amide bonds. The molecule has 1 aliphatic rings. The Kier molecular flexibility index (Phi) is 5.81. The van der Waals surface area contributed by atoms with Crippen LogP contribution in [0.5, 0.6) is 0 Å². The molecule has 1 aliphatic heterocycles. The van der Waals surface area contributed by atoms with Crippen LogP contribution < -0.4 is 10.6 Å². The number of anilines is 2. The quantitative estimate of drug-likeness (QED) is 0.586. The number of nitrogens with one attached hydrogen (secondary N) is 2. The summed E-state index contributed by atoms with van der Waals surface area (Å²) in [7, 11) is 0. The van der Waals surface area contributed by atoms with Gasteiger partial charge in [0.2, 0.25) is 5.91 Å². The van der Waals surface area contributed by atoms with E-state index in [1.165, 1.54) is 11.8 Å². The number of hydrogen-bond acceptors (Lipinski definition) is 5. The Morgan fingerprint density at radius 2 is 1.62 bits per heavy atom. The highest BCUT2D eigenvalue weighted by Crippen LogP contribution is 2.32. The van der Waals surface area contributed by atoms with E-state index in [0.29, 0.717) is 22.5 Å². The number of pyridine rings is 1. The second-order valence-electron chi connectivity index (χ2n) is 7.56. The zero-order chi connectivity index (χ0) is 22.7. The molecule has 2 aromatic carbocycles. The van der Waals surface area contributed by atoms with E-state index in [2.05, 4.69) is 15.6 Å². The van der Waals surface area contributed by atoms with Crippen LogP contribution in [0.2, 0.25) is 0 Å². The summed E-state index contributed by atoms with van der Waals surface area (Å²) in [6, 6.07) is 18.0. The third-order valence-electron chi connectivity index (χ3n) is 5.05. The maximum Gasteiger partial charge on any atom is 0.278 e. The third-order valence-corrected chi connectivity index (χ3v) is 5.05. The fourth-order valence-electron chi connectivity index (χ4n) is 3.48. The van der Waals surface area contributed by atoms with Gasteiger partial charge in [-0.3, -0.25) is 24.3 Å². The largest absolute Gasteiger partial charge is 0.350 e. The number of rotatable bonds is 6. The SMILES string of the molecule is CC(=O)Nc1ccc(NC2=C(c3ccc(C)cc3)C(=O)N(Cc3cccnc3)C2=O)cc1. The minimum Gasteiger partial charge on any atom is -0.350 e. The van der Waals surface area contributed by atoms with Crippen molar-refractivity contribution in [1.29, 1.82) is 0 Å². The summed E-state index contributed by atoms with van der Waals surface area (Å²) in [6.07, 6.45) is 3.28. The van der Waals surface area contributed by atoms with Crippen LogP contribution in [-0.2, 0) is 20.9 Å². The summed E-state index contributed by atoms with van der Waals surface area (Å²) in [4.78, 5) is 43.1. The average Bonchev–Trinajstić information content (AvgIpc) is 3.00. The summed E-state index contributed by atoms with van der Waals surface area (Å²) < 4.78 is 0. The molecule has 7 heteroatoms. The van der Waals surface area contributed by atoms with E-state index in [1.807, 2.05) is 37.3 Å². The number of imide groups is 1. The van der Waals surface area contributed by atoms with Crippen molar-refractivity contribution < 1.29 is 14.4 Å². The number of carbonyl (C=O) groups is 3. The van der Waals surface area contributed by atoms with Crippen molar-refractivity contribution in [3.8, 4) is 0 Å². The molecular formula is C25H22N4O3. The van der Waals surface area contributed by atoms with Crippen LogP contribution in [0, 0.1) is 6.92 Å². The monoisotopic (exact) mass is 426 g/mol. The number of amides is 3. The lowest BCUT2D eigenvalue weighted by molar-refractivity contribution is -0.137. The van der Waals surface area contributed by atoms with E-state index < -0.39 is 5.91 Å². The summed E-state index contributed by atoms with van der Waals surface area (Å²) >= 11 is 0. The molecule has 0 bridgehead atoms. The lowest BCUT2D eigenvalue weighted by atomic mass is 10.0. The molecular weight excluding hydrogens is 404 g/mol. The first-order chi connectivity index (χ1) is 15.4. The molecule has 3 aromatic rings. The van der Waals surface area contributed by atoms with Gasteiger partial charge >= 0.3 is 0 Å². The van der Waals surface area contributed by atoms with Gasteiger partial charge in [-0.15, -0.1) is 0 Å². The van der Waals surface area contributed by atoms with Gasteiger partial charge in [0.15, 0.2) is 0 Å². The van der Waals surface area contributed by atoms with Crippen molar-refractivity contribution in [1.82, 2.24) is 9.88 Å². The van der Waals surface area contributed by atoms with Crippen molar-refractivity contribution in [2.24, 2.45) is 0 Å². The van der Waals surface area contributed by atoms with E-state index >= 15 is 0 Å². The van der Waals surface area contributed by atoms with Gasteiger partial charge in [-0.1, -0.05) is 35.9 Å². The van der Waals surface area contributed by atoms with Crippen LogP contribution >= 0.6 is 0 Å². The van der Waals surface area contributed by atoms with Gasteiger partial charge < -0.3 is 10.6 Å². The summed E-state index contributed by atoms with van der Waals surface area (Å²) in [5.74, 6) is -0.932. The molecule has 0 spiro atoms. The molecule has 1 aromatic heterocycles. The average molecular weight is 426 g/mol. The third kappa shape index (κ3) is 4.41. The molecule has 0 unspecified atom stereocenters. The molecule has 7 nitrogen and oxygen atoms in total. The predicted octanol–water partition coefficient (Wildman–Crippen LogP) is 3.74. The Bertz CT molecular complexity index is 1200. The highest BCUT2D eigenvalue weighted by atomic mass is 16.2. The fraction of sp³-hybridized carbons (Fsp3) is 0.120. The number of carbonyl (C=O) groups excluding carboxylic acids is 3. The molecule has 0 radical (unpaired) electrons. The van der Waals surface area contributed by atoms with E-state index in [4.69, 9.17) is 0 Å². The molecule has 0 atom stereocenters. The topological polar surface area (TPSA) is 91.4 Å². The first-order valence-electron chi connectivity index (χ1n) is 10.1. The lowest BCUT2D eigenvalue weighted by Crippen LogP contribution is -2.32. The van der Waals surface area contributed by atoms with Crippen LogP contribution in [0.1, 0.15) is 23.6 Å². The molecule has 0 aliphatic carbocycles. The van der Waals surface area contributed by atoms with Gasteiger partial charge in [-0.25, -0.2) is 0 Å².